The third-order valence-electron chi connectivity index (χ3n) is 3.24. The van der Waals surface area contributed by atoms with Gasteiger partial charge in [0.1, 0.15) is 23.4 Å². The lowest BCUT2D eigenvalue weighted by atomic mass is 9.99. The van der Waals surface area contributed by atoms with Crippen molar-refractivity contribution < 1.29 is 19.3 Å². The summed E-state index contributed by atoms with van der Waals surface area (Å²) in [6.45, 7) is 0. The van der Waals surface area contributed by atoms with E-state index < -0.39 is 6.10 Å². The fourth-order valence-corrected chi connectivity index (χ4v) is 2.63. The molecule has 0 aliphatic heterocycles. The van der Waals surface area contributed by atoms with E-state index in [1.54, 1.807) is 39.5 Å². The van der Waals surface area contributed by atoms with Crippen LogP contribution in [-0.4, -0.2) is 26.4 Å². The van der Waals surface area contributed by atoms with Crippen molar-refractivity contribution in [3.05, 3.63) is 52.0 Å². The highest BCUT2D eigenvalue weighted by Gasteiger charge is 2.22. The van der Waals surface area contributed by atoms with Gasteiger partial charge < -0.3 is 19.3 Å². The van der Waals surface area contributed by atoms with Gasteiger partial charge in [0.15, 0.2) is 0 Å². The van der Waals surface area contributed by atoms with E-state index >= 15 is 0 Å². The molecular weight excluding hydrogens is 336 g/mol. The molecular formula is C16H17BrO4. The zero-order chi connectivity index (χ0) is 15.4. The lowest BCUT2D eigenvalue weighted by Gasteiger charge is -2.19. The van der Waals surface area contributed by atoms with Gasteiger partial charge in [-0.2, -0.15) is 0 Å². The Labute approximate surface area is 132 Å². The van der Waals surface area contributed by atoms with Gasteiger partial charge in [-0.1, -0.05) is 22.0 Å². The van der Waals surface area contributed by atoms with Crippen LogP contribution in [0.4, 0.5) is 0 Å². The molecule has 0 heterocycles. The van der Waals surface area contributed by atoms with Crippen molar-refractivity contribution in [2.75, 3.05) is 21.3 Å². The lowest BCUT2D eigenvalue weighted by molar-refractivity contribution is 0.207. The van der Waals surface area contributed by atoms with Crippen LogP contribution in [0.5, 0.6) is 17.2 Å². The fraction of sp³-hybridized carbons (Fsp3) is 0.250. The number of rotatable bonds is 5. The van der Waals surface area contributed by atoms with Gasteiger partial charge in [-0.15, -0.1) is 0 Å². The summed E-state index contributed by atoms with van der Waals surface area (Å²) in [4.78, 5) is 0. The van der Waals surface area contributed by atoms with E-state index in [0.717, 1.165) is 4.47 Å². The van der Waals surface area contributed by atoms with Crippen LogP contribution in [0.15, 0.2) is 40.9 Å². The third-order valence-corrected chi connectivity index (χ3v) is 3.96. The highest BCUT2D eigenvalue weighted by Crippen LogP contribution is 2.40. The predicted molar refractivity (Wildman–Crippen MR) is 84.3 cm³/mol. The summed E-state index contributed by atoms with van der Waals surface area (Å²) in [6, 6.07) is 10.8. The summed E-state index contributed by atoms with van der Waals surface area (Å²) in [5.41, 5.74) is 1.26. The molecule has 0 aliphatic rings. The van der Waals surface area contributed by atoms with Crippen molar-refractivity contribution >= 4 is 15.9 Å². The molecule has 0 radical (unpaired) electrons. The van der Waals surface area contributed by atoms with Crippen LogP contribution in [0.25, 0.3) is 0 Å². The number of aliphatic hydroxyl groups is 1. The standard InChI is InChI=1S/C16H17BrO4/c1-19-10-7-8-12(17)11(9-10)16(18)15-13(20-2)5-4-6-14(15)21-3/h4-9,16,18H,1-3H3. The van der Waals surface area contributed by atoms with Crippen LogP contribution >= 0.6 is 15.9 Å². The molecule has 0 bridgehead atoms. The van der Waals surface area contributed by atoms with Gasteiger partial charge in [0.25, 0.3) is 0 Å². The van der Waals surface area contributed by atoms with Crippen LogP contribution in [0, 0.1) is 0 Å². The Balaban J connectivity index is 2.56. The second-order valence-corrected chi connectivity index (χ2v) is 5.22. The monoisotopic (exact) mass is 352 g/mol. The number of benzene rings is 2. The summed E-state index contributed by atoms with van der Waals surface area (Å²) < 4.78 is 16.7. The first-order valence-electron chi connectivity index (χ1n) is 6.34. The van der Waals surface area contributed by atoms with Crippen LogP contribution in [0.2, 0.25) is 0 Å². The molecule has 0 spiro atoms. The quantitative estimate of drug-likeness (QED) is 0.893. The molecule has 2 aromatic rings. The molecule has 0 aromatic heterocycles. The molecule has 0 fully saturated rings. The number of halogens is 1. The maximum Gasteiger partial charge on any atom is 0.128 e. The molecule has 112 valence electrons. The highest BCUT2D eigenvalue weighted by molar-refractivity contribution is 9.10. The molecule has 2 aromatic carbocycles. The van der Waals surface area contributed by atoms with Gasteiger partial charge in [-0.25, -0.2) is 0 Å². The smallest absolute Gasteiger partial charge is 0.128 e. The lowest BCUT2D eigenvalue weighted by Crippen LogP contribution is -2.06. The van der Waals surface area contributed by atoms with E-state index in [1.807, 2.05) is 18.2 Å². The molecule has 1 atom stereocenters. The Morgan fingerprint density at radius 2 is 1.57 bits per heavy atom. The topological polar surface area (TPSA) is 47.9 Å². The predicted octanol–water partition coefficient (Wildman–Crippen LogP) is 3.56. The molecule has 0 saturated carbocycles. The average Bonchev–Trinajstić information content (AvgIpc) is 2.53. The molecule has 0 aliphatic carbocycles. The van der Waals surface area contributed by atoms with Crippen molar-refractivity contribution in [1.82, 2.24) is 0 Å². The van der Waals surface area contributed by atoms with Crippen LogP contribution in [0.3, 0.4) is 0 Å². The van der Waals surface area contributed by atoms with E-state index in [4.69, 9.17) is 14.2 Å². The van der Waals surface area contributed by atoms with E-state index in [9.17, 15) is 5.11 Å². The number of hydrogen-bond donors (Lipinski definition) is 1. The van der Waals surface area contributed by atoms with Gasteiger partial charge in [0.05, 0.1) is 26.9 Å². The molecule has 0 saturated heterocycles. The molecule has 0 amide bonds. The maximum atomic E-state index is 10.8. The van der Waals surface area contributed by atoms with Crippen molar-refractivity contribution in [2.24, 2.45) is 0 Å². The summed E-state index contributed by atoms with van der Waals surface area (Å²) in [5.74, 6) is 1.80. The maximum absolute atomic E-state index is 10.8. The average molecular weight is 353 g/mol. The van der Waals surface area contributed by atoms with E-state index in [-0.39, 0.29) is 0 Å². The molecule has 2 rings (SSSR count). The Morgan fingerprint density at radius 1 is 0.952 bits per heavy atom. The molecule has 5 heteroatoms. The number of ether oxygens (including phenoxy) is 3. The molecule has 1 N–H and O–H groups in total. The number of aliphatic hydroxyl groups excluding tert-OH is 1. The highest BCUT2D eigenvalue weighted by atomic mass is 79.9. The summed E-state index contributed by atoms with van der Waals surface area (Å²) >= 11 is 3.45. The summed E-state index contributed by atoms with van der Waals surface area (Å²) in [6.07, 6.45) is -0.902. The Morgan fingerprint density at radius 3 is 2.10 bits per heavy atom. The summed E-state index contributed by atoms with van der Waals surface area (Å²) in [5, 5.41) is 10.8. The zero-order valence-corrected chi connectivity index (χ0v) is 13.7. The number of hydrogen-bond acceptors (Lipinski definition) is 4. The van der Waals surface area contributed by atoms with Gasteiger partial charge in [-0.3, -0.25) is 0 Å². The zero-order valence-electron chi connectivity index (χ0n) is 12.1. The van der Waals surface area contributed by atoms with E-state index in [1.165, 1.54) is 0 Å². The van der Waals surface area contributed by atoms with Crippen LogP contribution in [-0.2, 0) is 0 Å². The first kappa shape index (κ1) is 15.7. The third kappa shape index (κ3) is 3.14. The van der Waals surface area contributed by atoms with Gasteiger partial charge in [-0.05, 0) is 30.3 Å². The van der Waals surface area contributed by atoms with Crippen molar-refractivity contribution in [1.29, 1.82) is 0 Å². The molecule has 1 unspecified atom stereocenters. The Hall–Kier alpha value is -1.72. The molecule has 4 nitrogen and oxygen atoms in total. The normalized spacial score (nSPS) is 11.9. The van der Waals surface area contributed by atoms with Crippen LogP contribution in [0.1, 0.15) is 17.2 Å². The Kier molecular flexibility index (Phi) is 5.09. The fourth-order valence-electron chi connectivity index (χ4n) is 2.16. The first-order chi connectivity index (χ1) is 10.1. The van der Waals surface area contributed by atoms with Gasteiger partial charge in [0.2, 0.25) is 0 Å². The van der Waals surface area contributed by atoms with Crippen molar-refractivity contribution in [3.8, 4) is 17.2 Å². The first-order valence-corrected chi connectivity index (χ1v) is 7.14. The van der Waals surface area contributed by atoms with Crippen molar-refractivity contribution in [3.63, 3.8) is 0 Å². The van der Waals surface area contributed by atoms with E-state index in [0.29, 0.717) is 28.4 Å². The Bertz CT molecular complexity index is 605. The van der Waals surface area contributed by atoms with Gasteiger partial charge >= 0.3 is 0 Å². The van der Waals surface area contributed by atoms with Crippen LogP contribution < -0.4 is 14.2 Å². The van der Waals surface area contributed by atoms with Crippen molar-refractivity contribution in [2.45, 2.75) is 6.10 Å². The molecule has 21 heavy (non-hydrogen) atoms. The number of methoxy groups -OCH3 is 3. The minimum atomic E-state index is -0.902. The minimum Gasteiger partial charge on any atom is -0.497 e. The largest absolute Gasteiger partial charge is 0.497 e. The van der Waals surface area contributed by atoms with Gasteiger partial charge in [0, 0.05) is 10.0 Å². The minimum absolute atomic E-state index is 0.566. The second kappa shape index (κ2) is 6.83. The SMILES string of the molecule is COc1ccc(Br)c(C(O)c2c(OC)cccc2OC)c1. The summed E-state index contributed by atoms with van der Waals surface area (Å²) in [7, 11) is 4.71. The van der Waals surface area contributed by atoms with E-state index in [2.05, 4.69) is 15.9 Å². The second-order valence-electron chi connectivity index (χ2n) is 4.37.